The highest BCUT2D eigenvalue weighted by atomic mass is 79.9. The summed E-state index contributed by atoms with van der Waals surface area (Å²) in [7, 11) is 2.17. The predicted molar refractivity (Wildman–Crippen MR) is 67.8 cm³/mol. The second-order valence-electron chi connectivity index (χ2n) is 3.85. The van der Waals surface area contributed by atoms with Crippen molar-refractivity contribution in [2.75, 3.05) is 7.05 Å². The quantitative estimate of drug-likeness (QED) is 0.815. The molecule has 1 aromatic rings. The van der Waals surface area contributed by atoms with Crippen LogP contribution in [0.15, 0.2) is 22.8 Å². The Morgan fingerprint density at radius 2 is 2.00 bits per heavy atom. The lowest BCUT2D eigenvalue weighted by atomic mass is 10.1. The topological polar surface area (TPSA) is 16.1 Å². The van der Waals surface area contributed by atoms with E-state index in [1.165, 1.54) is 12.8 Å². The molecular weight excluding hydrogens is 252 g/mol. The van der Waals surface area contributed by atoms with Crippen LogP contribution >= 0.6 is 15.9 Å². The number of nitrogens with zero attached hydrogens (tertiary/aromatic N) is 2. The molecule has 1 rings (SSSR count). The molecule has 0 spiro atoms. The smallest absolute Gasteiger partial charge is 0.0544 e. The van der Waals surface area contributed by atoms with Gasteiger partial charge in [-0.2, -0.15) is 0 Å². The van der Waals surface area contributed by atoms with Gasteiger partial charge in [0, 0.05) is 23.3 Å². The fourth-order valence-electron chi connectivity index (χ4n) is 1.80. The Labute approximate surface area is 101 Å². The Balaban J connectivity index is 2.57. The third kappa shape index (κ3) is 3.92. The highest BCUT2D eigenvalue weighted by Gasteiger charge is 2.10. The molecule has 1 aromatic heterocycles. The van der Waals surface area contributed by atoms with E-state index in [4.69, 9.17) is 0 Å². The van der Waals surface area contributed by atoms with Crippen LogP contribution in [0.3, 0.4) is 0 Å². The Bertz CT molecular complexity index is 280. The maximum absolute atomic E-state index is 4.38. The van der Waals surface area contributed by atoms with Crippen molar-refractivity contribution < 1.29 is 0 Å². The first kappa shape index (κ1) is 12.7. The molecule has 2 nitrogen and oxygen atoms in total. The molecule has 0 N–H and O–H groups in total. The van der Waals surface area contributed by atoms with Crippen molar-refractivity contribution in [3.05, 3.63) is 28.5 Å². The van der Waals surface area contributed by atoms with E-state index in [9.17, 15) is 0 Å². The van der Waals surface area contributed by atoms with Crippen molar-refractivity contribution in [3.8, 4) is 0 Å². The van der Waals surface area contributed by atoms with Gasteiger partial charge in [0.25, 0.3) is 0 Å². The SMILES string of the molecule is CCC(CC)N(C)Cc1ccc(Br)cn1. The normalized spacial score (nSPS) is 11.3. The van der Waals surface area contributed by atoms with Crippen LogP contribution in [0.5, 0.6) is 0 Å². The van der Waals surface area contributed by atoms with E-state index < -0.39 is 0 Å². The summed E-state index contributed by atoms with van der Waals surface area (Å²) in [6, 6.07) is 4.78. The Morgan fingerprint density at radius 1 is 1.33 bits per heavy atom. The van der Waals surface area contributed by atoms with E-state index >= 15 is 0 Å². The van der Waals surface area contributed by atoms with Crippen LogP contribution < -0.4 is 0 Å². The van der Waals surface area contributed by atoms with E-state index in [-0.39, 0.29) is 0 Å². The molecule has 0 amide bonds. The molecule has 0 saturated carbocycles. The number of aromatic nitrogens is 1. The van der Waals surface area contributed by atoms with Crippen molar-refractivity contribution >= 4 is 15.9 Å². The monoisotopic (exact) mass is 270 g/mol. The van der Waals surface area contributed by atoms with E-state index in [0.717, 1.165) is 16.7 Å². The van der Waals surface area contributed by atoms with Crippen molar-refractivity contribution in [3.63, 3.8) is 0 Å². The molecule has 0 aliphatic rings. The van der Waals surface area contributed by atoms with Gasteiger partial charge in [-0.15, -0.1) is 0 Å². The molecule has 84 valence electrons. The maximum atomic E-state index is 4.38. The van der Waals surface area contributed by atoms with Crippen LogP contribution in [0.4, 0.5) is 0 Å². The van der Waals surface area contributed by atoms with Crippen LogP contribution in [-0.2, 0) is 6.54 Å². The fraction of sp³-hybridized carbons (Fsp3) is 0.583. The van der Waals surface area contributed by atoms with Crippen molar-refractivity contribution in [2.45, 2.75) is 39.3 Å². The molecule has 15 heavy (non-hydrogen) atoms. The molecule has 0 atom stereocenters. The lowest BCUT2D eigenvalue weighted by Crippen LogP contribution is -2.30. The fourth-order valence-corrected chi connectivity index (χ4v) is 2.03. The molecule has 1 heterocycles. The zero-order valence-corrected chi connectivity index (χ0v) is 11.3. The first-order valence-corrected chi connectivity index (χ1v) is 6.27. The van der Waals surface area contributed by atoms with Gasteiger partial charge in [-0.1, -0.05) is 13.8 Å². The predicted octanol–water partition coefficient (Wildman–Crippen LogP) is 3.46. The second kappa shape index (κ2) is 6.23. The first-order chi connectivity index (χ1) is 7.17. The van der Waals surface area contributed by atoms with Gasteiger partial charge in [0.2, 0.25) is 0 Å². The van der Waals surface area contributed by atoms with Gasteiger partial charge in [0.1, 0.15) is 0 Å². The van der Waals surface area contributed by atoms with E-state index in [0.29, 0.717) is 6.04 Å². The molecule has 0 aliphatic carbocycles. The first-order valence-electron chi connectivity index (χ1n) is 5.48. The summed E-state index contributed by atoms with van der Waals surface area (Å²) in [5.74, 6) is 0. The molecule has 0 fully saturated rings. The number of hydrogen-bond donors (Lipinski definition) is 0. The Hall–Kier alpha value is -0.410. The molecule has 0 bridgehead atoms. The van der Waals surface area contributed by atoms with Crippen molar-refractivity contribution in [1.82, 2.24) is 9.88 Å². The van der Waals surface area contributed by atoms with Crippen molar-refractivity contribution in [2.24, 2.45) is 0 Å². The number of rotatable bonds is 5. The van der Waals surface area contributed by atoms with Crippen LogP contribution in [0, 0.1) is 0 Å². The van der Waals surface area contributed by atoms with E-state index in [1.807, 2.05) is 12.3 Å². The molecule has 0 saturated heterocycles. The average Bonchev–Trinajstić information content (AvgIpc) is 2.23. The standard InChI is InChI=1S/C12H19BrN2/c1-4-12(5-2)15(3)9-11-7-6-10(13)8-14-11/h6-8,12H,4-5,9H2,1-3H3. The lowest BCUT2D eigenvalue weighted by Gasteiger charge is -2.25. The van der Waals surface area contributed by atoms with Gasteiger partial charge in [-0.05, 0) is 48.0 Å². The number of halogens is 1. The third-order valence-corrected chi connectivity index (χ3v) is 3.23. The zero-order valence-electron chi connectivity index (χ0n) is 9.70. The van der Waals surface area contributed by atoms with Gasteiger partial charge in [-0.3, -0.25) is 9.88 Å². The largest absolute Gasteiger partial charge is 0.298 e. The summed E-state index contributed by atoms with van der Waals surface area (Å²) in [5, 5.41) is 0. The van der Waals surface area contributed by atoms with Crippen LogP contribution in [0.2, 0.25) is 0 Å². The van der Waals surface area contributed by atoms with Gasteiger partial charge < -0.3 is 0 Å². The summed E-state index contributed by atoms with van der Waals surface area (Å²) in [6.45, 7) is 5.40. The minimum atomic E-state index is 0.662. The third-order valence-electron chi connectivity index (χ3n) is 2.77. The summed E-state index contributed by atoms with van der Waals surface area (Å²) in [6.07, 6.45) is 4.25. The summed E-state index contributed by atoms with van der Waals surface area (Å²) in [4.78, 5) is 6.75. The Morgan fingerprint density at radius 3 is 2.47 bits per heavy atom. The van der Waals surface area contributed by atoms with Gasteiger partial charge in [-0.25, -0.2) is 0 Å². The van der Waals surface area contributed by atoms with E-state index in [1.54, 1.807) is 0 Å². The zero-order chi connectivity index (χ0) is 11.3. The van der Waals surface area contributed by atoms with Crippen LogP contribution in [0.1, 0.15) is 32.4 Å². The molecule has 0 aliphatic heterocycles. The number of hydrogen-bond acceptors (Lipinski definition) is 2. The van der Waals surface area contributed by atoms with Crippen LogP contribution in [-0.4, -0.2) is 23.0 Å². The van der Waals surface area contributed by atoms with Crippen LogP contribution in [0.25, 0.3) is 0 Å². The van der Waals surface area contributed by atoms with Gasteiger partial charge in [0.15, 0.2) is 0 Å². The molecule has 0 radical (unpaired) electrons. The van der Waals surface area contributed by atoms with Gasteiger partial charge >= 0.3 is 0 Å². The van der Waals surface area contributed by atoms with Gasteiger partial charge in [0.05, 0.1) is 5.69 Å². The maximum Gasteiger partial charge on any atom is 0.0544 e. The minimum absolute atomic E-state index is 0.662. The van der Waals surface area contributed by atoms with E-state index in [2.05, 4.69) is 52.8 Å². The summed E-state index contributed by atoms with van der Waals surface area (Å²) in [5.41, 5.74) is 1.13. The van der Waals surface area contributed by atoms with Crippen molar-refractivity contribution in [1.29, 1.82) is 0 Å². The average molecular weight is 271 g/mol. The molecule has 0 aromatic carbocycles. The molecule has 0 unspecified atom stereocenters. The highest BCUT2D eigenvalue weighted by Crippen LogP contribution is 2.12. The lowest BCUT2D eigenvalue weighted by molar-refractivity contribution is 0.219. The summed E-state index contributed by atoms with van der Waals surface area (Å²) >= 11 is 3.39. The molecule has 3 heteroatoms. The second-order valence-corrected chi connectivity index (χ2v) is 4.77. The highest BCUT2D eigenvalue weighted by molar-refractivity contribution is 9.10. The summed E-state index contributed by atoms with van der Waals surface area (Å²) < 4.78 is 1.04. The number of pyridine rings is 1. The Kier molecular flexibility index (Phi) is 5.26. The minimum Gasteiger partial charge on any atom is -0.298 e. The molecular formula is C12H19BrN2.